The van der Waals surface area contributed by atoms with Gasteiger partial charge in [0, 0.05) is 5.56 Å². The predicted octanol–water partition coefficient (Wildman–Crippen LogP) is 4.17. The predicted molar refractivity (Wildman–Crippen MR) is 53.5 cm³/mol. The number of hydrogen-bond acceptors (Lipinski definition) is 0. The molecule has 0 aliphatic heterocycles. The first-order valence-electron chi connectivity index (χ1n) is 5.82. The Morgan fingerprint density at radius 3 is 1.05 bits per heavy atom. The summed E-state index contributed by atoms with van der Waals surface area (Å²) in [4.78, 5) is 0. The van der Waals surface area contributed by atoms with Crippen molar-refractivity contribution in [1.82, 2.24) is 0 Å². The average Bonchev–Trinajstić information content (AvgIpc) is 2.50. The lowest BCUT2D eigenvalue weighted by Gasteiger charge is -2.36. The molecular weight excluding hydrogens is 334 g/mol. The number of rotatable bonds is 1. The van der Waals surface area contributed by atoms with Gasteiger partial charge in [-0.3, -0.25) is 0 Å². The number of halogens is 10. The molecule has 0 saturated heterocycles. The molecule has 0 heterocycles. The van der Waals surface area contributed by atoms with Crippen LogP contribution in [0.4, 0.5) is 43.9 Å². The van der Waals surface area contributed by atoms with Crippen LogP contribution < -0.4 is 0 Å². The molecule has 2 unspecified atom stereocenters. The lowest BCUT2D eigenvalue weighted by atomic mass is 9.77. The van der Waals surface area contributed by atoms with Crippen molar-refractivity contribution in [1.29, 1.82) is 0 Å². The van der Waals surface area contributed by atoms with Gasteiger partial charge in [0.2, 0.25) is 5.82 Å². The molecule has 1 aliphatic rings. The van der Waals surface area contributed by atoms with Crippen LogP contribution in [0.5, 0.6) is 0 Å². The van der Waals surface area contributed by atoms with E-state index in [1.54, 1.807) is 0 Å². The summed E-state index contributed by atoms with van der Waals surface area (Å²) in [5.74, 6) is -15.9. The van der Waals surface area contributed by atoms with E-state index in [2.05, 4.69) is 0 Å². The fourth-order valence-electron chi connectivity index (χ4n) is 2.33. The second-order valence-electron chi connectivity index (χ2n) is 4.73. The molecule has 1 saturated carbocycles. The summed E-state index contributed by atoms with van der Waals surface area (Å²) < 4.78 is 133. The van der Waals surface area contributed by atoms with Gasteiger partial charge in [-0.1, -0.05) is 0 Å². The molecule has 0 aromatic heterocycles. The molecule has 6 atom stereocenters. The van der Waals surface area contributed by atoms with E-state index in [4.69, 9.17) is 0 Å². The zero-order valence-corrected chi connectivity index (χ0v) is 10.2. The van der Waals surface area contributed by atoms with Crippen molar-refractivity contribution in [3.63, 3.8) is 0 Å². The van der Waals surface area contributed by atoms with Gasteiger partial charge in [0.25, 0.3) is 0 Å². The zero-order valence-electron chi connectivity index (χ0n) is 10.2. The van der Waals surface area contributed by atoms with E-state index in [1.807, 2.05) is 0 Å². The van der Waals surface area contributed by atoms with Gasteiger partial charge < -0.3 is 0 Å². The highest BCUT2D eigenvalue weighted by Gasteiger charge is 2.56. The Balaban J connectivity index is 2.65. The molecular formula is C12H6F10. The van der Waals surface area contributed by atoms with Gasteiger partial charge in [-0.2, -0.15) is 0 Å². The number of hydrogen-bond donors (Lipinski definition) is 0. The third kappa shape index (κ3) is 2.23. The van der Waals surface area contributed by atoms with E-state index in [0.29, 0.717) is 0 Å². The van der Waals surface area contributed by atoms with Crippen LogP contribution in [0.15, 0.2) is 0 Å². The molecule has 1 fully saturated rings. The van der Waals surface area contributed by atoms with Crippen molar-refractivity contribution in [2.45, 2.75) is 36.8 Å². The van der Waals surface area contributed by atoms with Crippen molar-refractivity contribution in [2.75, 3.05) is 0 Å². The van der Waals surface area contributed by atoms with Gasteiger partial charge in [0.05, 0.1) is 5.92 Å². The SMILES string of the molecule is Fc1c(F)c(F)c(C2[C@@H](F)[C@@H](F)C(F)[C@@H](F)[C@H]2F)c(F)c1F. The van der Waals surface area contributed by atoms with Gasteiger partial charge in [-0.25, -0.2) is 43.9 Å². The third-order valence-corrected chi connectivity index (χ3v) is 3.48. The normalized spacial score (nSPS) is 35.7. The standard InChI is InChI=1S/C12H6F10/c13-3-1(4(14)8(18)11(21)7(3)17)2-5(15)9(19)12(22)10(20)6(2)16/h1,3-4,7-8,11H/t1?,3-,4+,7-,8+,11?. The highest BCUT2D eigenvalue weighted by atomic mass is 19.2. The Hall–Kier alpha value is -1.48. The molecule has 0 nitrogen and oxygen atoms in total. The molecule has 0 bridgehead atoms. The van der Waals surface area contributed by atoms with Crippen molar-refractivity contribution >= 4 is 0 Å². The smallest absolute Gasteiger partial charge is 0.200 e. The molecule has 1 aromatic rings. The molecule has 22 heavy (non-hydrogen) atoms. The maximum Gasteiger partial charge on any atom is 0.200 e. The quantitative estimate of drug-likeness (QED) is 0.409. The molecule has 1 aliphatic carbocycles. The van der Waals surface area contributed by atoms with E-state index in [0.717, 1.165) is 0 Å². The van der Waals surface area contributed by atoms with E-state index in [9.17, 15) is 43.9 Å². The molecule has 10 heteroatoms. The highest BCUT2D eigenvalue weighted by molar-refractivity contribution is 5.31. The second kappa shape index (κ2) is 5.62. The molecule has 124 valence electrons. The van der Waals surface area contributed by atoms with Gasteiger partial charge in [-0.15, -0.1) is 0 Å². The first kappa shape index (κ1) is 16.9. The van der Waals surface area contributed by atoms with Gasteiger partial charge in [0.1, 0.15) is 12.3 Å². The summed E-state index contributed by atoms with van der Waals surface area (Å²) in [5.41, 5.74) is -2.05. The fourth-order valence-corrected chi connectivity index (χ4v) is 2.33. The van der Waals surface area contributed by atoms with Crippen molar-refractivity contribution in [3.05, 3.63) is 34.6 Å². The van der Waals surface area contributed by atoms with E-state index in [-0.39, 0.29) is 0 Å². The first-order valence-corrected chi connectivity index (χ1v) is 5.82. The van der Waals surface area contributed by atoms with E-state index in [1.165, 1.54) is 0 Å². The molecule has 1 aromatic carbocycles. The van der Waals surface area contributed by atoms with Crippen molar-refractivity contribution in [2.24, 2.45) is 0 Å². The topological polar surface area (TPSA) is 0 Å². The Morgan fingerprint density at radius 2 is 0.682 bits per heavy atom. The number of benzene rings is 1. The molecule has 2 rings (SSSR count). The lowest BCUT2D eigenvalue weighted by Crippen LogP contribution is -2.52. The minimum Gasteiger partial charge on any atom is -0.243 e. The third-order valence-electron chi connectivity index (χ3n) is 3.48. The van der Waals surface area contributed by atoms with E-state index < -0.39 is 71.4 Å². The van der Waals surface area contributed by atoms with Crippen LogP contribution in [0.2, 0.25) is 0 Å². The largest absolute Gasteiger partial charge is 0.243 e. The Labute approximate surface area is 116 Å². The molecule has 0 spiro atoms. The maximum absolute atomic E-state index is 13.6. The minimum absolute atomic E-state index is 2.05. The van der Waals surface area contributed by atoms with Crippen molar-refractivity contribution in [3.8, 4) is 0 Å². The van der Waals surface area contributed by atoms with Gasteiger partial charge >= 0.3 is 0 Å². The first-order chi connectivity index (χ1) is 10.1. The van der Waals surface area contributed by atoms with Crippen LogP contribution in [-0.4, -0.2) is 30.9 Å². The fraction of sp³-hybridized carbons (Fsp3) is 0.500. The monoisotopic (exact) mass is 340 g/mol. The second-order valence-corrected chi connectivity index (χ2v) is 4.73. The molecule has 0 N–H and O–H groups in total. The summed E-state index contributed by atoms with van der Waals surface area (Å²) >= 11 is 0. The summed E-state index contributed by atoms with van der Waals surface area (Å²) in [6, 6.07) is 0. The van der Waals surface area contributed by atoms with Crippen LogP contribution in [0, 0.1) is 29.1 Å². The Bertz CT molecular complexity index is 543. The minimum atomic E-state index is -3.33. The molecule has 0 radical (unpaired) electrons. The van der Waals surface area contributed by atoms with Crippen LogP contribution >= 0.6 is 0 Å². The Morgan fingerprint density at radius 1 is 0.409 bits per heavy atom. The Kier molecular flexibility index (Phi) is 4.31. The van der Waals surface area contributed by atoms with E-state index >= 15 is 0 Å². The van der Waals surface area contributed by atoms with Gasteiger partial charge in [0.15, 0.2) is 41.8 Å². The zero-order chi connectivity index (χ0) is 16.9. The summed E-state index contributed by atoms with van der Waals surface area (Å²) in [6.45, 7) is 0. The van der Waals surface area contributed by atoms with Crippen LogP contribution in [0.1, 0.15) is 11.5 Å². The molecule has 0 amide bonds. The summed E-state index contributed by atoms with van der Waals surface area (Å²) in [7, 11) is 0. The van der Waals surface area contributed by atoms with Crippen LogP contribution in [0.25, 0.3) is 0 Å². The maximum atomic E-state index is 13.6. The number of alkyl halides is 5. The van der Waals surface area contributed by atoms with Crippen molar-refractivity contribution < 1.29 is 43.9 Å². The summed E-state index contributed by atoms with van der Waals surface area (Å²) in [5, 5.41) is 0. The highest BCUT2D eigenvalue weighted by Crippen LogP contribution is 2.44. The average molecular weight is 340 g/mol. The summed E-state index contributed by atoms with van der Waals surface area (Å²) in [6.07, 6.45) is -16.6. The van der Waals surface area contributed by atoms with Crippen LogP contribution in [0.3, 0.4) is 0 Å². The van der Waals surface area contributed by atoms with Gasteiger partial charge in [-0.05, 0) is 0 Å². The lowest BCUT2D eigenvalue weighted by molar-refractivity contribution is -0.0670. The van der Waals surface area contributed by atoms with Crippen LogP contribution in [-0.2, 0) is 0 Å².